The molecule has 2 aromatic heterocycles. The number of nitrogens with zero attached hydrogens (tertiary/aromatic N) is 3. The molecule has 0 radical (unpaired) electrons. The first kappa shape index (κ1) is 20.3. The van der Waals surface area contributed by atoms with E-state index in [1.165, 1.54) is 5.56 Å². The number of rotatable bonds is 4. The van der Waals surface area contributed by atoms with Gasteiger partial charge in [0, 0.05) is 17.7 Å². The second-order valence-corrected chi connectivity index (χ2v) is 9.01. The van der Waals surface area contributed by atoms with Gasteiger partial charge in [-0.2, -0.15) is 9.61 Å². The van der Waals surface area contributed by atoms with Crippen molar-refractivity contribution >= 4 is 23.2 Å². The molecule has 0 aliphatic heterocycles. The van der Waals surface area contributed by atoms with Gasteiger partial charge in [-0.05, 0) is 36.0 Å². The third-order valence-electron chi connectivity index (χ3n) is 5.68. The predicted molar refractivity (Wildman–Crippen MR) is 118 cm³/mol. The van der Waals surface area contributed by atoms with Crippen LogP contribution < -0.4 is 10.6 Å². The zero-order chi connectivity index (χ0) is 21.3. The quantitative estimate of drug-likeness (QED) is 0.608. The van der Waals surface area contributed by atoms with Gasteiger partial charge in [0.15, 0.2) is 5.65 Å². The molecule has 1 aliphatic rings. The first-order valence-electron chi connectivity index (χ1n) is 10.5. The zero-order valence-corrected chi connectivity index (χ0v) is 17.7. The number of hydrogen-bond acceptors (Lipinski definition) is 5. The lowest BCUT2D eigenvalue weighted by Gasteiger charge is -2.29. The number of amides is 1. The average Bonchev–Trinajstić information content (AvgIpc) is 3.18. The van der Waals surface area contributed by atoms with Gasteiger partial charge in [-0.1, -0.05) is 45.7 Å². The summed E-state index contributed by atoms with van der Waals surface area (Å²) < 4.78 is 1.69. The van der Waals surface area contributed by atoms with Crippen LogP contribution in [-0.2, 0) is 5.41 Å². The Bertz CT molecular complexity index is 1040. The number of hydrogen-bond donors (Lipinski definition) is 3. The van der Waals surface area contributed by atoms with Crippen molar-refractivity contribution in [1.82, 2.24) is 14.6 Å². The van der Waals surface area contributed by atoms with Crippen LogP contribution in [0.25, 0.3) is 5.65 Å². The summed E-state index contributed by atoms with van der Waals surface area (Å²) in [6.07, 6.45) is 5.09. The second kappa shape index (κ2) is 8.07. The minimum absolute atomic E-state index is 0.0356. The monoisotopic (exact) mass is 407 g/mol. The smallest absolute Gasteiger partial charge is 0.256 e. The molecule has 2 atom stereocenters. The van der Waals surface area contributed by atoms with Crippen molar-refractivity contribution in [3.63, 3.8) is 0 Å². The third-order valence-corrected chi connectivity index (χ3v) is 5.68. The van der Waals surface area contributed by atoms with E-state index in [2.05, 4.69) is 41.5 Å². The molecule has 2 unspecified atom stereocenters. The van der Waals surface area contributed by atoms with Crippen molar-refractivity contribution in [3.05, 3.63) is 53.7 Å². The molecular formula is C23H29N5O2. The van der Waals surface area contributed by atoms with E-state index in [9.17, 15) is 9.90 Å². The number of aliphatic hydroxyl groups excluding tert-OH is 1. The highest BCUT2D eigenvalue weighted by Gasteiger charge is 2.24. The Morgan fingerprint density at radius 3 is 2.57 bits per heavy atom. The highest BCUT2D eigenvalue weighted by molar-refractivity contribution is 6.04. The van der Waals surface area contributed by atoms with Crippen LogP contribution in [0.2, 0.25) is 0 Å². The van der Waals surface area contributed by atoms with E-state index in [4.69, 9.17) is 0 Å². The number of carbonyl (C=O) groups excluding carboxylic acids is 1. The molecule has 7 heteroatoms. The molecule has 1 fully saturated rings. The second-order valence-electron chi connectivity index (χ2n) is 9.01. The lowest BCUT2D eigenvalue weighted by Crippen LogP contribution is -2.37. The van der Waals surface area contributed by atoms with Gasteiger partial charge in [0.05, 0.1) is 18.3 Å². The van der Waals surface area contributed by atoms with Crippen LogP contribution in [0.1, 0.15) is 62.4 Å². The van der Waals surface area contributed by atoms with Crippen molar-refractivity contribution in [1.29, 1.82) is 0 Å². The fourth-order valence-corrected chi connectivity index (χ4v) is 3.86. The Morgan fingerprint density at radius 2 is 1.87 bits per heavy atom. The Labute approximate surface area is 176 Å². The molecular weight excluding hydrogens is 378 g/mol. The summed E-state index contributed by atoms with van der Waals surface area (Å²) in [5.41, 5.74) is 2.42. The molecule has 158 valence electrons. The molecule has 4 rings (SSSR count). The highest BCUT2D eigenvalue weighted by Crippen LogP contribution is 2.25. The number of aromatic nitrogens is 3. The van der Waals surface area contributed by atoms with Crippen LogP contribution in [-0.4, -0.2) is 37.8 Å². The molecule has 3 N–H and O–H groups in total. The first-order valence-corrected chi connectivity index (χ1v) is 10.5. The van der Waals surface area contributed by atoms with Gasteiger partial charge in [0.1, 0.15) is 11.6 Å². The molecule has 0 spiro atoms. The maximum atomic E-state index is 12.8. The van der Waals surface area contributed by atoms with E-state index in [1.54, 1.807) is 22.8 Å². The first-order chi connectivity index (χ1) is 14.3. The van der Waals surface area contributed by atoms with Gasteiger partial charge in [-0.25, -0.2) is 4.98 Å². The van der Waals surface area contributed by atoms with Crippen LogP contribution in [0.15, 0.2) is 42.6 Å². The minimum Gasteiger partial charge on any atom is -0.391 e. The van der Waals surface area contributed by atoms with Crippen LogP contribution >= 0.6 is 0 Å². The summed E-state index contributed by atoms with van der Waals surface area (Å²) in [6.45, 7) is 6.43. The summed E-state index contributed by atoms with van der Waals surface area (Å²) in [7, 11) is 0. The molecule has 30 heavy (non-hydrogen) atoms. The number of anilines is 2. The maximum absolute atomic E-state index is 12.8. The van der Waals surface area contributed by atoms with Gasteiger partial charge in [0.25, 0.3) is 5.91 Å². The van der Waals surface area contributed by atoms with Crippen LogP contribution in [0.3, 0.4) is 0 Å². The van der Waals surface area contributed by atoms with Gasteiger partial charge < -0.3 is 15.7 Å². The molecule has 0 bridgehead atoms. The number of carbonyl (C=O) groups is 1. The van der Waals surface area contributed by atoms with E-state index in [1.807, 2.05) is 24.3 Å². The fourth-order valence-electron chi connectivity index (χ4n) is 3.86. The fraction of sp³-hybridized carbons (Fsp3) is 0.435. The topological polar surface area (TPSA) is 91.5 Å². The molecule has 3 aromatic rings. The van der Waals surface area contributed by atoms with E-state index in [-0.39, 0.29) is 17.4 Å². The summed E-state index contributed by atoms with van der Waals surface area (Å²) in [5.74, 6) is 0.936. The Morgan fingerprint density at radius 1 is 1.13 bits per heavy atom. The molecule has 7 nitrogen and oxygen atoms in total. The highest BCUT2D eigenvalue weighted by atomic mass is 16.3. The van der Waals surface area contributed by atoms with Gasteiger partial charge in [-0.15, -0.1) is 0 Å². The third kappa shape index (κ3) is 4.31. The Kier molecular flexibility index (Phi) is 5.47. The van der Waals surface area contributed by atoms with Crippen molar-refractivity contribution in [2.24, 2.45) is 0 Å². The molecule has 1 saturated carbocycles. The number of fused-ring (bicyclic) bond motifs is 1. The lowest BCUT2D eigenvalue weighted by atomic mass is 9.87. The summed E-state index contributed by atoms with van der Waals surface area (Å²) in [4.78, 5) is 17.3. The number of benzene rings is 1. The van der Waals surface area contributed by atoms with Crippen molar-refractivity contribution in [2.45, 2.75) is 64.0 Å². The van der Waals surface area contributed by atoms with Crippen molar-refractivity contribution < 1.29 is 9.90 Å². The van der Waals surface area contributed by atoms with Crippen molar-refractivity contribution in [2.75, 3.05) is 10.6 Å². The Balaban J connectivity index is 1.56. The van der Waals surface area contributed by atoms with Gasteiger partial charge in [0.2, 0.25) is 0 Å². The van der Waals surface area contributed by atoms with Crippen LogP contribution in [0, 0.1) is 0 Å². The zero-order valence-electron chi connectivity index (χ0n) is 17.7. The summed E-state index contributed by atoms with van der Waals surface area (Å²) in [5, 5.41) is 20.9. The molecule has 1 amide bonds. The largest absolute Gasteiger partial charge is 0.391 e. The summed E-state index contributed by atoms with van der Waals surface area (Å²) >= 11 is 0. The normalized spacial score (nSPS) is 19.6. The predicted octanol–water partition coefficient (Wildman–Crippen LogP) is 3.99. The minimum atomic E-state index is -0.392. The molecule has 1 aromatic carbocycles. The van der Waals surface area contributed by atoms with Gasteiger partial charge >= 0.3 is 0 Å². The standard InChI is InChI=1S/C23H29N5O2/c1-23(2,3)16-10-8-15(9-11-16)22(30)27-19-14-21(28-20(26-19)12-13-24-28)25-17-6-4-5-7-18(17)29/h8-14,17-18,25,29H,4-7H2,1-3H3,(H,26,27,30). The molecule has 0 saturated heterocycles. The summed E-state index contributed by atoms with van der Waals surface area (Å²) in [6, 6.07) is 11.2. The molecule has 2 heterocycles. The number of aliphatic hydroxyl groups is 1. The van der Waals surface area contributed by atoms with E-state index < -0.39 is 6.10 Å². The lowest BCUT2D eigenvalue weighted by molar-refractivity contribution is 0.102. The van der Waals surface area contributed by atoms with E-state index in [0.717, 1.165) is 25.7 Å². The van der Waals surface area contributed by atoms with Gasteiger partial charge in [-0.3, -0.25) is 4.79 Å². The average molecular weight is 408 g/mol. The number of nitrogens with one attached hydrogen (secondary N) is 2. The van der Waals surface area contributed by atoms with Crippen LogP contribution in [0.4, 0.5) is 11.6 Å². The van der Waals surface area contributed by atoms with Crippen LogP contribution in [0.5, 0.6) is 0 Å². The van der Waals surface area contributed by atoms with Crippen molar-refractivity contribution in [3.8, 4) is 0 Å². The Hall–Kier alpha value is -2.93. The maximum Gasteiger partial charge on any atom is 0.256 e. The SMILES string of the molecule is CC(C)(C)c1ccc(C(=O)Nc2cc(NC3CCCCC3O)n3nccc3n2)cc1. The van der Waals surface area contributed by atoms with E-state index in [0.29, 0.717) is 22.8 Å². The molecule has 1 aliphatic carbocycles. The van der Waals surface area contributed by atoms with E-state index >= 15 is 0 Å².